The molecule has 0 aliphatic rings. The van der Waals surface area contributed by atoms with Crippen LogP contribution in [0.2, 0.25) is 0 Å². The zero-order chi connectivity index (χ0) is 12.4. The summed E-state index contributed by atoms with van der Waals surface area (Å²) in [6.45, 7) is 8.49. The average molecular weight is 230 g/mol. The molecule has 2 heteroatoms. The number of nitrogens with two attached hydrogens (primary N) is 1. The van der Waals surface area contributed by atoms with Crippen molar-refractivity contribution in [3.8, 4) is 0 Å². The fraction of sp³-hybridized carbons (Fsp3) is 0.467. The van der Waals surface area contributed by atoms with Gasteiger partial charge in [0.2, 0.25) is 0 Å². The SMILES string of the molecule is Cc1cccc2c(CCN)cn(CC(C)C)c12. The molecule has 0 saturated heterocycles. The van der Waals surface area contributed by atoms with E-state index in [-0.39, 0.29) is 0 Å². The first-order valence-electron chi connectivity index (χ1n) is 6.41. The lowest BCUT2D eigenvalue weighted by atomic mass is 10.1. The zero-order valence-corrected chi connectivity index (χ0v) is 11.0. The van der Waals surface area contributed by atoms with Crippen LogP contribution in [0.4, 0.5) is 0 Å². The molecule has 0 atom stereocenters. The normalized spacial score (nSPS) is 11.6. The van der Waals surface area contributed by atoms with E-state index in [0.717, 1.165) is 13.0 Å². The number of fused-ring (bicyclic) bond motifs is 1. The second kappa shape index (κ2) is 4.92. The summed E-state index contributed by atoms with van der Waals surface area (Å²) >= 11 is 0. The van der Waals surface area contributed by atoms with Crippen LogP contribution in [0.25, 0.3) is 10.9 Å². The highest BCUT2D eigenvalue weighted by atomic mass is 15.0. The van der Waals surface area contributed by atoms with E-state index < -0.39 is 0 Å². The van der Waals surface area contributed by atoms with Gasteiger partial charge in [-0.05, 0) is 36.9 Å². The van der Waals surface area contributed by atoms with Crippen LogP contribution in [0.15, 0.2) is 24.4 Å². The van der Waals surface area contributed by atoms with Crippen LogP contribution < -0.4 is 5.73 Å². The van der Waals surface area contributed by atoms with Crippen LogP contribution >= 0.6 is 0 Å². The molecule has 92 valence electrons. The third kappa shape index (κ3) is 2.37. The van der Waals surface area contributed by atoms with Gasteiger partial charge in [-0.25, -0.2) is 0 Å². The number of hydrogen-bond acceptors (Lipinski definition) is 1. The van der Waals surface area contributed by atoms with Crippen LogP contribution in [-0.2, 0) is 13.0 Å². The largest absolute Gasteiger partial charge is 0.347 e. The molecule has 0 unspecified atom stereocenters. The number of rotatable bonds is 4. The van der Waals surface area contributed by atoms with E-state index in [1.165, 1.54) is 22.0 Å². The zero-order valence-electron chi connectivity index (χ0n) is 11.0. The van der Waals surface area contributed by atoms with Crippen molar-refractivity contribution < 1.29 is 0 Å². The quantitative estimate of drug-likeness (QED) is 0.859. The maximum Gasteiger partial charge on any atom is 0.0512 e. The molecule has 1 aromatic heterocycles. The minimum absolute atomic E-state index is 0.663. The maximum absolute atomic E-state index is 5.69. The fourth-order valence-electron chi connectivity index (χ4n) is 2.51. The molecule has 0 fully saturated rings. The number of para-hydroxylation sites is 1. The van der Waals surface area contributed by atoms with Crippen molar-refractivity contribution in [3.05, 3.63) is 35.5 Å². The Morgan fingerprint density at radius 3 is 2.71 bits per heavy atom. The molecule has 0 radical (unpaired) electrons. The minimum Gasteiger partial charge on any atom is -0.347 e. The highest BCUT2D eigenvalue weighted by molar-refractivity contribution is 5.86. The second-order valence-corrected chi connectivity index (χ2v) is 5.21. The van der Waals surface area contributed by atoms with Gasteiger partial charge in [0.05, 0.1) is 5.52 Å². The van der Waals surface area contributed by atoms with E-state index in [1.54, 1.807) is 0 Å². The Morgan fingerprint density at radius 1 is 1.29 bits per heavy atom. The maximum atomic E-state index is 5.69. The molecule has 0 saturated carbocycles. The molecule has 0 aliphatic heterocycles. The highest BCUT2D eigenvalue weighted by Gasteiger charge is 2.10. The molecular weight excluding hydrogens is 208 g/mol. The third-order valence-electron chi connectivity index (χ3n) is 3.16. The van der Waals surface area contributed by atoms with Gasteiger partial charge in [-0.2, -0.15) is 0 Å². The van der Waals surface area contributed by atoms with Crippen LogP contribution in [0.3, 0.4) is 0 Å². The Hall–Kier alpha value is -1.28. The van der Waals surface area contributed by atoms with Crippen LogP contribution in [0.5, 0.6) is 0 Å². The number of hydrogen-bond donors (Lipinski definition) is 1. The topological polar surface area (TPSA) is 30.9 Å². The number of aromatic nitrogens is 1. The summed E-state index contributed by atoms with van der Waals surface area (Å²) in [7, 11) is 0. The summed E-state index contributed by atoms with van der Waals surface area (Å²) in [6, 6.07) is 6.53. The molecule has 2 rings (SSSR count). The molecule has 2 N–H and O–H groups in total. The monoisotopic (exact) mass is 230 g/mol. The van der Waals surface area contributed by atoms with Gasteiger partial charge >= 0.3 is 0 Å². The van der Waals surface area contributed by atoms with Crippen LogP contribution in [-0.4, -0.2) is 11.1 Å². The van der Waals surface area contributed by atoms with E-state index in [2.05, 4.69) is 49.7 Å². The summed E-state index contributed by atoms with van der Waals surface area (Å²) in [6.07, 6.45) is 3.25. The van der Waals surface area contributed by atoms with Gasteiger partial charge in [0.25, 0.3) is 0 Å². The van der Waals surface area contributed by atoms with Gasteiger partial charge in [-0.3, -0.25) is 0 Å². The Balaban J connectivity index is 2.58. The van der Waals surface area contributed by atoms with E-state index >= 15 is 0 Å². The Morgan fingerprint density at radius 2 is 2.06 bits per heavy atom. The van der Waals surface area contributed by atoms with E-state index in [9.17, 15) is 0 Å². The molecule has 17 heavy (non-hydrogen) atoms. The average Bonchev–Trinajstić information content (AvgIpc) is 2.58. The first-order chi connectivity index (χ1) is 8.13. The molecule has 0 aliphatic carbocycles. The van der Waals surface area contributed by atoms with Crippen molar-refractivity contribution in [2.24, 2.45) is 11.7 Å². The van der Waals surface area contributed by atoms with E-state index in [4.69, 9.17) is 5.73 Å². The summed E-state index contributed by atoms with van der Waals surface area (Å²) in [5.41, 5.74) is 9.80. The van der Waals surface area contributed by atoms with Crippen LogP contribution in [0.1, 0.15) is 25.0 Å². The first-order valence-corrected chi connectivity index (χ1v) is 6.41. The first kappa shape index (κ1) is 12.2. The fourth-order valence-corrected chi connectivity index (χ4v) is 2.51. The third-order valence-corrected chi connectivity index (χ3v) is 3.16. The van der Waals surface area contributed by atoms with Crippen molar-refractivity contribution in [1.29, 1.82) is 0 Å². The lowest BCUT2D eigenvalue weighted by molar-refractivity contribution is 0.534. The molecule has 1 aromatic carbocycles. The number of benzene rings is 1. The summed E-state index contributed by atoms with van der Waals surface area (Å²) in [4.78, 5) is 0. The standard InChI is InChI=1S/C15H22N2/c1-11(2)9-17-10-13(7-8-16)14-6-4-5-12(3)15(14)17/h4-6,10-11H,7-9,16H2,1-3H3. The smallest absolute Gasteiger partial charge is 0.0512 e. The van der Waals surface area contributed by atoms with Gasteiger partial charge < -0.3 is 10.3 Å². The van der Waals surface area contributed by atoms with Crippen molar-refractivity contribution in [3.63, 3.8) is 0 Å². The number of nitrogens with zero attached hydrogens (tertiary/aromatic N) is 1. The van der Waals surface area contributed by atoms with E-state index in [0.29, 0.717) is 12.5 Å². The second-order valence-electron chi connectivity index (χ2n) is 5.21. The molecule has 0 spiro atoms. The van der Waals surface area contributed by atoms with E-state index in [1.807, 2.05) is 0 Å². The predicted molar refractivity (Wildman–Crippen MR) is 74.3 cm³/mol. The minimum atomic E-state index is 0.663. The lowest BCUT2D eigenvalue weighted by Gasteiger charge is -2.09. The number of aryl methyl sites for hydroxylation is 1. The summed E-state index contributed by atoms with van der Waals surface area (Å²) < 4.78 is 2.39. The molecular formula is C15H22N2. The Labute approximate surface area is 103 Å². The van der Waals surface area contributed by atoms with Gasteiger partial charge in [0.15, 0.2) is 0 Å². The molecule has 2 nitrogen and oxygen atoms in total. The van der Waals surface area contributed by atoms with Gasteiger partial charge in [-0.1, -0.05) is 32.0 Å². The van der Waals surface area contributed by atoms with Crippen LogP contribution in [0, 0.1) is 12.8 Å². The summed E-state index contributed by atoms with van der Waals surface area (Å²) in [5, 5.41) is 1.37. The molecule has 0 amide bonds. The Kier molecular flexibility index (Phi) is 3.53. The molecule has 1 heterocycles. The van der Waals surface area contributed by atoms with Crippen molar-refractivity contribution in [2.45, 2.75) is 33.7 Å². The molecule has 0 bridgehead atoms. The van der Waals surface area contributed by atoms with Crippen molar-refractivity contribution in [1.82, 2.24) is 4.57 Å². The highest BCUT2D eigenvalue weighted by Crippen LogP contribution is 2.25. The predicted octanol–water partition coefficient (Wildman–Crippen LogP) is 3.11. The van der Waals surface area contributed by atoms with Gasteiger partial charge in [-0.15, -0.1) is 0 Å². The van der Waals surface area contributed by atoms with Gasteiger partial charge in [0.1, 0.15) is 0 Å². The summed E-state index contributed by atoms with van der Waals surface area (Å²) in [5.74, 6) is 0.663. The molecule has 2 aromatic rings. The van der Waals surface area contributed by atoms with Gasteiger partial charge in [0, 0.05) is 18.1 Å². The Bertz CT molecular complexity index is 509. The lowest BCUT2D eigenvalue weighted by Crippen LogP contribution is -2.04. The van der Waals surface area contributed by atoms with Crippen molar-refractivity contribution >= 4 is 10.9 Å². The van der Waals surface area contributed by atoms with Crippen molar-refractivity contribution in [2.75, 3.05) is 6.54 Å².